The van der Waals surface area contributed by atoms with Crippen molar-refractivity contribution < 1.29 is 24.2 Å². The molecule has 1 aromatic heterocycles. The third kappa shape index (κ3) is 5.12. The maximum Gasteiger partial charge on any atom is 0.317 e. The molecule has 3 rings (SSSR count). The van der Waals surface area contributed by atoms with Crippen molar-refractivity contribution in [2.24, 2.45) is 5.92 Å². The molecule has 0 radical (unpaired) electrons. The predicted octanol–water partition coefficient (Wildman–Crippen LogP) is 2.89. The Labute approximate surface area is 163 Å². The Kier molecular flexibility index (Phi) is 6.31. The Hall–Kier alpha value is -3.29. The van der Waals surface area contributed by atoms with Crippen LogP contribution < -0.4 is 14.8 Å². The fourth-order valence-electron chi connectivity index (χ4n) is 2.98. The van der Waals surface area contributed by atoms with Gasteiger partial charge in [-0.25, -0.2) is 9.78 Å². The lowest BCUT2D eigenvalue weighted by molar-refractivity contribution is -0.143. The minimum atomic E-state index is -0.789. The van der Waals surface area contributed by atoms with Crippen LogP contribution >= 0.6 is 0 Å². The fraction of sp³-hybridized carbons (Fsp3) is 0.350. The number of hydrogen-bond acceptors (Lipinski definition) is 5. The van der Waals surface area contributed by atoms with Crippen LogP contribution in [0, 0.1) is 5.92 Å². The number of likely N-dealkylation sites (tertiary alicyclic amines) is 1. The molecule has 148 valence electrons. The molecule has 0 saturated carbocycles. The van der Waals surface area contributed by atoms with Crippen LogP contribution in [0.1, 0.15) is 18.4 Å². The lowest BCUT2D eigenvalue weighted by Crippen LogP contribution is -2.45. The number of nitrogens with zero attached hydrogens (tertiary/aromatic N) is 2. The number of urea groups is 1. The molecule has 0 unspecified atom stereocenters. The van der Waals surface area contributed by atoms with Crippen LogP contribution in [-0.2, 0) is 11.3 Å². The standard InChI is InChI=1S/C20H23N3O5/c1-27-16-3-2-4-17(11-16)28-18-6-5-14(12-21-18)13-22-20(26)23-9-7-15(8-10-23)19(24)25/h2-6,11-12,15H,7-10,13H2,1H3,(H,22,26)(H,24,25). The van der Waals surface area contributed by atoms with Crippen molar-refractivity contribution in [3.8, 4) is 17.4 Å². The van der Waals surface area contributed by atoms with E-state index < -0.39 is 5.97 Å². The number of carbonyl (C=O) groups is 2. The number of carbonyl (C=O) groups excluding carboxylic acids is 1. The number of aliphatic carboxylic acids is 1. The Morgan fingerprint density at radius 1 is 1.21 bits per heavy atom. The molecule has 1 saturated heterocycles. The van der Waals surface area contributed by atoms with Gasteiger partial charge in [0, 0.05) is 38.0 Å². The summed E-state index contributed by atoms with van der Waals surface area (Å²) < 4.78 is 10.9. The van der Waals surface area contributed by atoms with Gasteiger partial charge in [-0.2, -0.15) is 0 Å². The minimum Gasteiger partial charge on any atom is -0.497 e. The van der Waals surface area contributed by atoms with Crippen molar-refractivity contribution in [2.75, 3.05) is 20.2 Å². The first-order valence-electron chi connectivity index (χ1n) is 9.07. The lowest BCUT2D eigenvalue weighted by atomic mass is 9.97. The normalized spacial score (nSPS) is 14.4. The summed E-state index contributed by atoms with van der Waals surface area (Å²) in [7, 11) is 1.59. The van der Waals surface area contributed by atoms with E-state index in [1.165, 1.54) is 0 Å². The first-order valence-corrected chi connectivity index (χ1v) is 9.07. The summed E-state index contributed by atoms with van der Waals surface area (Å²) in [5, 5.41) is 11.9. The average molecular weight is 385 g/mol. The van der Waals surface area contributed by atoms with Gasteiger partial charge < -0.3 is 24.8 Å². The summed E-state index contributed by atoms with van der Waals surface area (Å²) >= 11 is 0. The van der Waals surface area contributed by atoms with E-state index in [9.17, 15) is 9.59 Å². The van der Waals surface area contributed by atoms with Gasteiger partial charge in [0.25, 0.3) is 0 Å². The van der Waals surface area contributed by atoms with Gasteiger partial charge in [0.15, 0.2) is 0 Å². The Bertz CT molecular complexity index is 817. The van der Waals surface area contributed by atoms with E-state index in [2.05, 4.69) is 10.3 Å². The molecule has 0 spiro atoms. The summed E-state index contributed by atoms with van der Waals surface area (Å²) in [5.41, 5.74) is 0.840. The van der Waals surface area contributed by atoms with E-state index in [-0.39, 0.29) is 11.9 Å². The van der Waals surface area contributed by atoms with E-state index >= 15 is 0 Å². The zero-order valence-corrected chi connectivity index (χ0v) is 15.6. The van der Waals surface area contributed by atoms with Crippen molar-refractivity contribution in [3.63, 3.8) is 0 Å². The van der Waals surface area contributed by atoms with Crippen LogP contribution in [0.4, 0.5) is 4.79 Å². The number of carboxylic acid groups (broad SMARTS) is 1. The molecule has 8 heteroatoms. The third-order valence-electron chi connectivity index (χ3n) is 4.64. The number of ether oxygens (including phenoxy) is 2. The minimum absolute atomic E-state index is 0.194. The quantitative estimate of drug-likeness (QED) is 0.793. The van der Waals surface area contributed by atoms with Crippen molar-refractivity contribution in [2.45, 2.75) is 19.4 Å². The molecule has 1 fully saturated rings. The molecule has 2 aromatic rings. The molecule has 1 aliphatic heterocycles. The van der Waals surface area contributed by atoms with E-state index in [0.29, 0.717) is 49.9 Å². The Balaban J connectivity index is 1.48. The summed E-state index contributed by atoms with van der Waals surface area (Å²) in [6.07, 6.45) is 2.62. The maximum atomic E-state index is 12.2. The lowest BCUT2D eigenvalue weighted by Gasteiger charge is -2.30. The van der Waals surface area contributed by atoms with Gasteiger partial charge >= 0.3 is 12.0 Å². The molecule has 1 aromatic carbocycles. The van der Waals surface area contributed by atoms with Gasteiger partial charge in [0.05, 0.1) is 13.0 Å². The van der Waals surface area contributed by atoms with Crippen LogP contribution in [0.3, 0.4) is 0 Å². The highest BCUT2D eigenvalue weighted by atomic mass is 16.5. The molecular formula is C20H23N3O5. The fourth-order valence-corrected chi connectivity index (χ4v) is 2.98. The summed E-state index contributed by atoms with van der Waals surface area (Å²) in [5.74, 6) is 0.619. The number of carboxylic acids is 1. The van der Waals surface area contributed by atoms with E-state index in [0.717, 1.165) is 5.56 Å². The van der Waals surface area contributed by atoms with Crippen LogP contribution in [0.5, 0.6) is 17.4 Å². The number of piperidine rings is 1. The second-order valence-electron chi connectivity index (χ2n) is 6.54. The van der Waals surface area contributed by atoms with Gasteiger partial charge in [0.2, 0.25) is 5.88 Å². The zero-order chi connectivity index (χ0) is 19.9. The highest BCUT2D eigenvalue weighted by molar-refractivity contribution is 5.75. The summed E-state index contributed by atoms with van der Waals surface area (Å²) in [6, 6.07) is 10.6. The summed E-state index contributed by atoms with van der Waals surface area (Å²) in [6.45, 7) is 1.24. The molecule has 28 heavy (non-hydrogen) atoms. The largest absolute Gasteiger partial charge is 0.497 e. The van der Waals surface area contributed by atoms with Crippen molar-refractivity contribution >= 4 is 12.0 Å². The van der Waals surface area contributed by atoms with Crippen LogP contribution in [0.15, 0.2) is 42.6 Å². The van der Waals surface area contributed by atoms with E-state index in [1.807, 2.05) is 24.3 Å². The number of nitrogens with one attached hydrogen (secondary N) is 1. The van der Waals surface area contributed by atoms with Crippen LogP contribution in [0.2, 0.25) is 0 Å². The molecule has 8 nitrogen and oxygen atoms in total. The van der Waals surface area contributed by atoms with Crippen LogP contribution in [0.25, 0.3) is 0 Å². The van der Waals surface area contributed by atoms with Crippen molar-refractivity contribution in [1.29, 1.82) is 0 Å². The number of benzene rings is 1. The third-order valence-corrected chi connectivity index (χ3v) is 4.64. The second-order valence-corrected chi connectivity index (χ2v) is 6.54. The number of methoxy groups -OCH3 is 1. The molecule has 0 atom stereocenters. The van der Waals surface area contributed by atoms with Gasteiger partial charge in [-0.05, 0) is 30.5 Å². The second kappa shape index (κ2) is 9.07. The summed E-state index contributed by atoms with van der Waals surface area (Å²) in [4.78, 5) is 29.1. The Morgan fingerprint density at radius 3 is 2.61 bits per heavy atom. The molecule has 1 aliphatic rings. The highest BCUT2D eigenvalue weighted by Crippen LogP contribution is 2.24. The van der Waals surface area contributed by atoms with Crippen molar-refractivity contribution in [1.82, 2.24) is 15.2 Å². The number of aromatic nitrogens is 1. The Morgan fingerprint density at radius 2 is 1.96 bits per heavy atom. The van der Waals surface area contributed by atoms with Gasteiger partial charge in [0.1, 0.15) is 11.5 Å². The predicted molar refractivity (Wildman–Crippen MR) is 101 cm³/mol. The number of pyridine rings is 1. The monoisotopic (exact) mass is 385 g/mol. The average Bonchev–Trinajstić information content (AvgIpc) is 2.73. The molecule has 2 heterocycles. The van der Waals surface area contributed by atoms with Gasteiger partial charge in [-0.1, -0.05) is 12.1 Å². The molecule has 2 amide bonds. The van der Waals surface area contributed by atoms with Gasteiger partial charge in [-0.3, -0.25) is 4.79 Å². The number of amides is 2. The highest BCUT2D eigenvalue weighted by Gasteiger charge is 2.26. The molecule has 0 aliphatic carbocycles. The SMILES string of the molecule is COc1cccc(Oc2ccc(CNC(=O)N3CCC(C(=O)O)CC3)cn2)c1. The first kappa shape index (κ1) is 19.5. The zero-order valence-electron chi connectivity index (χ0n) is 15.6. The molecule has 2 N–H and O–H groups in total. The topological polar surface area (TPSA) is 101 Å². The van der Waals surface area contributed by atoms with Crippen LogP contribution in [-0.4, -0.2) is 47.2 Å². The smallest absolute Gasteiger partial charge is 0.317 e. The molecular weight excluding hydrogens is 362 g/mol. The first-order chi connectivity index (χ1) is 13.5. The van der Waals surface area contributed by atoms with E-state index in [1.54, 1.807) is 30.3 Å². The number of rotatable bonds is 6. The van der Waals surface area contributed by atoms with E-state index in [4.69, 9.17) is 14.6 Å². The number of hydrogen-bond donors (Lipinski definition) is 2. The van der Waals surface area contributed by atoms with Gasteiger partial charge in [-0.15, -0.1) is 0 Å². The maximum absolute atomic E-state index is 12.2. The van der Waals surface area contributed by atoms with Crippen molar-refractivity contribution in [3.05, 3.63) is 48.2 Å². The molecule has 0 bridgehead atoms.